The summed E-state index contributed by atoms with van der Waals surface area (Å²) in [6.45, 7) is 4.26. The highest BCUT2D eigenvalue weighted by molar-refractivity contribution is 5.93. The van der Waals surface area contributed by atoms with Gasteiger partial charge in [0, 0.05) is 58.1 Å². The summed E-state index contributed by atoms with van der Waals surface area (Å²) in [7, 11) is 5.29. The van der Waals surface area contributed by atoms with Crippen molar-refractivity contribution in [3.05, 3.63) is 65.5 Å². The minimum absolute atomic E-state index is 0.259. The Balaban J connectivity index is 0.000000786. The third-order valence-corrected chi connectivity index (χ3v) is 6.18. The van der Waals surface area contributed by atoms with Gasteiger partial charge in [0.25, 0.3) is 12.4 Å². The average Bonchev–Trinajstić information content (AvgIpc) is 3.57. The number of amides is 1. The van der Waals surface area contributed by atoms with Gasteiger partial charge >= 0.3 is 0 Å². The monoisotopic (exact) mass is 515 g/mol. The van der Waals surface area contributed by atoms with E-state index >= 15 is 0 Å². The van der Waals surface area contributed by atoms with Gasteiger partial charge in [-0.3, -0.25) is 14.3 Å². The zero-order valence-electron chi connectivity index (χ0n) is 21.5. The van der Waals surface area contributed by atoms with Crippen LogP contribution in [0.3, 0.4) is 0 Å². The number of benzene rings is 1. The molecule has 1 N–H and O–H groups in total. The van der Waals surface area contributed by atoms with Crippen LogP contribution in [0.5, 0.6) is 0 Å². The van der Waals surface area contributed by atoms with Gasteiger partial charge in [0.15, 0.2) is 5.65 Å². The second-order valence-corrected chi connectivity index (χ2v) is 8.75. The molecule has 3 aromatic heterocycles. The fourth-order valence-corrected chi connectivity index (χ4v) is 4.06. The van der Waals surface area contributed by atoms with Crippen LogP contribution >= 0.6 is 0 Å². The number of nitriles is 1. The number of hydrogen-bond donors (Lipinski definition) is 1. The Morgan fingerprint density at radius 1 is 1.13 bits per heavy atom. The van der Waals surface area contributed by atoms with Gasteiger partial charge in [0.1, 0.15) is 17.2 Å². The van der Waals surface area contributed by atoms with Crippen LogP contribution in [-0.2, 0) is 23.1 Å². The Morgan fingerprint density at radius 2 is 1.84 bits per heavy atom. The first-order valence-electron chi connectivity index (χ1n) is 12.0. The van der Waals surface area contributed by atoms with Crippen LogP contribution in [0.4, 0.5) is 5.82 Å². The summed E-state index contributed by atoms with van der Waals surface area (Å²) in [6.07, 6.45) is 1.73. The predicted octanol–water partition coefficient (Wildman–Crippen LogP) is 1.47. The molecule has 1 aromatic carbocycles. The molecule has 1 aliphatic rings. The Hall–Kier alpha value is -4.76. The van der Waals surface area contributed by atoms with E-state index in [1.165, 1.54) is 7.11 Å². The molecule has 0 atom stereocenters. The molecule has 0 unspecified atom stereocenters. The van der Waals surface area contributed by atoms with Gasteiger partial charge < -0.3 is 19.9 Å². The number of nitrogens with zero attached hydrogens (tertiary/aromatic N) is 8. The minimum atomic E-state index is -0.259. The van der Waals surface area contributed by atoms with Crippen molar-refractivity contribution in [3.8, 4) is 17.5 Å². The average molecular weight is 516 g/mol. The SMILES string of the molecule is CN1CCN(c2cc(C(=O)NCc3ccc(C#N)cc3)nc3cc(-c4ccnn4C)nn23)CC1.COC=O. The van der Waals surface area contributed by atoms with Crippen molar-refractivity contribution in [2.75, 3.05) is 45.2 Å². The van der Waals surface area contributed by atoms with Crippen LogP contribution in [-0.4, -0.2) is 82.0 Å². The number of aromatic nitrogens is 5. The molecule has 0 saturated carbocycles. The van der Waals surface area contributed by atoms with E-state index in [0.29, 0.717) is 29.9 Å². The van der Waals surface area contributed by atoms with Crippen molar-refractivity contribution in [3.63, 3.8) is 0 Å². The van der Waals surface area contributed by atoms with Gasteiger partial charge in [-0.25, -0.2) is 4.98 Å². The summed E-state index contributed by atoms with van der Waals surface area (Å²) in [5.41, 5.74) is 4.07. The first kappa shape index (κ1) is 26.3. The third-order valence-electron chi connectivity index (χ3n) is 6.18. The smallest absolute Gasteiger partial charge is 0.292 e. The first-order chi connectivity index (χ1) is 18.4. The molecule has 12 heteroatoms. The standard InChI is InChI=1S/C24H25N9O.C2H4O2/c1-30-9-11-32(12-10-30)23-14-20(24(34)26-16-18-5-3-17(15-25)4-6-18)28-22-13-19(29-33(22)23)21-7-8-27-31(21)2;1-4-2-3/h3-8,13-14H,9-12,16H2,1-2H3,(H,26,34);2H,1H3. The van der Waals surface area contributed by atoms with Gasteiger partial charge in [-0.1, -0.05) is 12.1 Å². The molecule has 196 valence electrons. The molecule has 5 rings (SSSR count). The Bertz CT molecular complexity index is 1450. The van der Waals surface area contributed by atoms with Crippen LogP contribution in [0.2, 0.25) is 0 Å². The van der Waals surface area contributed by atoms with E-state index in [9.17, 15) is 4.79 Å². The van der Waals surface area contributed by atoms with Gasteiger partial charge in [0.2, 0.25) is 0 Å². The largest absolute Gasteiger partial charge is 0.471 e. The molecule has 1 fully saturated rings. The van der Waals surface area contributed by atoms with E-state index in [0.717, 1.165) is 48.9 Å². The predicted molar refractivity (Wildman–Crippen MR) is 140 cm³/mol. The Morgan fingerprint density at radius 3 is 2.45 bits per heavy atom. The molecule has 4 aromatic rings. The number of nitrogens with one attached hydrogen (secondary N) is 1. The summed E-state index contributed by atoms with van der Waals surface area (Å²) in [5.74, 6) is 0.584. The molecule has 0 aliphatic carbocycles. The molecular weight excluding hydrogens is 486 g/mol. The Kier molecular flexibility index (Phi) is 8.30. The van der Waals surface area contributed by atoms with E-state index in [2.05, 4.69) is 43.1 Å². The number of carbonyl (C=O) groups excluding carboxylic acids is 2. The number of likely N-dealkylation sites (N-methyl/N-ethyl adjacent to an activating group) is 1. The first-order valence-corrected chi connectivity index (χ1v) is 12.0. The topological polar surface area (TPSA) is 134 Å². The van der Waals surface area contributed by atoms with Gasteiger partial charge in [0.05, 0.1) is 24.4 Å². The van der Waals surface area contributed by atoms with Crippen molar-refractivity contribution in [2.24, 2.45) is 7.05 Å². The van der Waals surface area contributed by atoms with Crippen molar-refractivity contribution in [1.82, 2.24) is 34.6 Å². The van der Waals surface area contributed by atoms with Gasteiger partial charge in [-0.15, -0.1) is 0 Å². The summed E-state index contributed by atoms with van der Waals surface area (Å²) in [5, 5.41) is 20.9. The fourth-order valence-electron chi connectivity index (χ4n) is 4.06. The molecule has 1 amide bonds. The highest BCUT2D eigenvalue weighted by atomic mass is 16.5. The quantitative estimate of drug-likeness (QED) is 0.379. The van der Waals surface area contributed by atoms with Crippen LogP contribution in [0.1, 0.15) is 21.6 Å². The van der Waals surface area contributed by atoms with Gasteiger partial charge in [-0.2, -0.15) is 20.0 Å². The van der Waals surface area contributed by atoms with Crippen LogP contribution < -0.4 is 10.2 Å². The van der Waals surface area contributed by atoms with E-state index < -0.39 is 0 Å². The number of hydrogen-bond acceptors (Lipinski definition) is 9. The van der Waals surface area contributed by atoms with Crippen molar-refractivity contribution < 1.29 is 14.3 Å². The number of anilines is 1. The molecule has 0 radical (unpaired) electrons. The maximum atomic E-state index is 13.1. The molecule has 0 spiro atoms. The maximum absolute atomic E-state index is 13.1. The highest BCUT2D eigenvalue weighted by Crippen LogP contribution is 2.24. The molecule has 1 saturated heterocycles. The molecule has 4 heterocycles. The van der Waals surface area contributed by atoms with Crippen LogP contribution in [0.25, 0.3) is 17.0 Å². The number of ether oxygens (including phenoxy) is 1. The molecule has 0 bridgehead atoms. The number of piperazine rings is 1. The molecule has 1 aliphatic heterocycles. The number of methoxy groups -OCH3 is 1. The second-order valence-electron chi connectivity index (χ2n) is 8.75. The third kappa shape index (κ3) is 5.96. The zero-order chi connectivity index (χ0) is 27.1. The molecule has 38 heavy (non-hydrogen) atoms. The lowest BCUT2D eigenvalue weighted by Crippen LogP contribution is -2.45. The van der Waals surface area contributed by atoms with Gasteiger partial charge in [-0.05, 0) is 30.8 Å². The Labute approximate surface area is 220 Å². The van der Waals surface area contributed by atoms with Crippen molar-refractivity contribution in [1.29, 1.82) is 5.26 Å². The van der Waals surface area contributed by atoms with E-state index in [-0.39, 0.29) is 5.91 Å². The second kappa shape index (κ2) is 12.0. The minimum Gasteiger partial charge on any atom is -0.471 e. The van der Waals surface area contributed by atoms with E-state index in [4.69, 9.17) is 15.2 Å². The fraction of sp³-hybridized carbons (Fsp3) is 0.308. The van der Waals surface area contributed by atoms with E-state index in [1.807, 2.05) is 41.9 Å². The highest BCUT2D eigenvalue weighted by Gasteiger charge is 2.22. The normalized spacial score (nSPS) is 13.4. The summed E-state index contributed by atoms with van der Waals surface area (Å²) in [4.78, 5) is 31.2. The van der Waals surface area contributed by atoms with Crippen LogP contribution in [0.15, 0.2) is 48.7 Å². The molecular formula is C26H29N9O3. The summed E-state index contributed by atoms with van der Waals surface area (Å²) < 4.78 is 7.44. The molecule has 12 nitrogen and oxygen atoms in total. The maximum Gasteiger partial charge on any atom is 0.292 e. The van der Waals surface area contributed by atoms with Crippen molar-refractivity contribution in [2.45, 2.75) is 6.54 Å². The number of aryl methyl sites for hydroxylation is 1. The lowest BCUT2D eigenvalue weighted by Gasteiger charge is -2.34. The number of rotatable bonds is 6. The number of carbonyl (C=O) groups is 2. The number of fused-ring (bicyclic) bond motifs is 1. The lowest BCUT2D eigenvalue weighted by atomic mass is 10.1. The zero-order valence-corrected chi connectivity index (χ0v) is 21.5. The lowest BCUT2D eigenvalue weighted by molar-refractivity contribution is -0.126. The van der Waals surface area contributed by atoms with E-state index in [1.54, 1.807) is 23.0 Å². The summed E-state index contributed by atoms with van der Waals surface area (Å²) >= 11 is 0. The summed E-state index contributed by atoms with van der Waals surface area (Å²) in [6, 6.07) is 14.8. The van der Waals surface area contributed by atoms with Crippen molar-refractivity contribution >= 4 is 23.8 Å². The van der Waals surface area contributed by atoms with Crippen LogP contribution in [0, 0.1) is 11.3 Å².